The number of aromatic nitrogens is 3. The molecule has 2 aromatic carbocycles. The number of imidazole rings is 1. The second kappa shape index (κ2) is 7.98. The highest BCUT2D eigenvalue weighted by atomic mass is 32.1. The van der Waals surface area contributed by atoms with Crippen molar-refractivity contribution >= 4 is 56.0 Å². The SMILES string of the molecule is CC(=O)Nc1ccc2c(c1)nc(NC(=O)c1ccc3scnc3c1)n2CCCO. The number of fused-ring (bicyclic) bond motifs is 2. The molecule has 2 heterocycles. The number of hydrogen-bond acceptors (Lipinski definition) is 6. The van der Waals surface area contributed by atoms with Gasteiger partial charge in [-0.15, -0.1) is 11.3 Å². The van der Waals surface area contributed by atoms with Gasteiger partial charge in [-0.05, 0) is 42.8 Å². The summed E-state index contributed by atoms with van der Waals surface area (Å²) in [5.41, 5.74) is 5.08. The minimum atomic E-state index is -0.289. The lowest BCUT2D eigenvalue weighted by Gasteiger charge is -2.10. The highest BCUT2D eigenvalue weighted by Crippen LogP contribution is 2.25. The molecule has 148 valence electrons. The van der Waals surface area contributed by atoms with Gasteiger partial charge in [-0.3, -0.25) is 14.9 Å². The molecule has 4 aromatic rings. The summed E-state index contributed by atoms with van der Waals surface area (Å²) < 4.78 is 2.87. The normalized spacial score (nSPS) is 11.1. The van der Waals surface area contributed by atoms with Crippen LogP contribution in [0.2, 0.25) is 0 Å². The molecule has 0 aliphatic heterocycles. The van der Waals surface area contributed by atoms with Crippen LogP contribution in [0, 0.1) is 0 Å². The first-order valence-electron chi connectivity index (χ1n) is 9.08. The lowest BCUT2D eigenvalue weighted by atomic mass is 10.2. The summed E-state index contributed by atoms with van der Waals surface area (Å²) in [5, 5.41) is 14.8. The molecule has 3 N–H and O–H groups in total. The molecule has 0 saturated heterocycles. The van der Waals surface area contributed by atoms with E-state index in [2.05, 4.69) is 20.6 Å². The lowest BCUT2D eigenvalue weighted by Crippen LogP contribution is -2.16. The lowest BCUT2D eigenvalue weighted by molar-refractivity contribution is -0.114. The number of thiazole rings is 1. The Morgan fingerprint density at radius 3 is 2.79 bits per heavy atom. The largest absolute Gasteiger partial charge is 0.396 e. The van der Waals surface area contributed by atoms with Gasteiger partial charge < -0.3 is 15.0 Å². The van der Waals surface area contributed by atoms with Gasteiger partial charge >= 0.3 is 0 Å². The summed E-state index contributed by atoms with van der Waals surface area (Å²) in [4.78, 5) is 32.9. The number of nitrogens with zero attached hydrogens (tertiary/aromatic N) is 3. The fraction of sp³-hybridized carbons (Fsp3) is 0.200. The third kappa shape index (κ3) is 3.96. The zero-order chi connectivity index (χ0) is 20.4. The molecule has 0 saturated carbocycles. The second-order valence-corrected chi connectivity index (χ2v) is 7.42. The van der Waals surface area contributed by atoms with Crippen molar-refractivity contribution < 1.29 is 14.7 Å². The van der Waals surface area contributed by atoms with Gasteiger partial charge in [0.2, 0.25) is 11.9 Å². The topological polar surface area (TPSA) is 109 Å². The Kier molecular flexibility index (Phi) is 5.24. The number of aliphatic hydroxyl groups excluding tert-OH is 1. The molecule has 0 spiro atoms. The van der Waals surface area contributed by atoms with Crippen molar-refractivity contribution in [1.82, 2.24) is 14.5 Å². The summed E-state index contributed by atoms with van der Waals surface area (Å²) in [6, 6.07) is 10.7. The molecule has 0 atom stereocenters. The van der Waals surface area contributed by atoms with Crippen LogP contribution < -0.4 is 10.6 Å². The van der Waals surface area contributed by atoms with E-state index in [9.17, 15) is 14.7 Å². The van der Waals surface area contributed by atoms with Crippen LogP contribution in [0.1, 0.15) is 23.7 Å². The molecule has 0 fully saturated rings. The summed E-state index contributed by atoms with van der Waals surface area (Å²) in [6.07, 6.45) is 0.520. The maximum atomic E-state index is 12.8. The molecular weight excluding hydrogens is 390 g/mol. The van der Waals surface area contributed by atoms with Gasteiger partial charge in [0, 0.05) is 31.3 Å². The van der Waals surface area contributed by atoms with E-state index in [0.29, 0.717) is 35.7 Å². The zero-order valence-electron chi connectivity index (χ0n) is 15.7. The first kappa shape index (κ1) is 19.0. The first-order valence-corrected chi connectivity index (χ1v) is 9.96. The van der Waals surface area contributed by atoms with E-state index in [1.54, 1.807) is 29.8 Å². The number of anilines is 2. The van der Waals surface area contributed by atoms with Crippen LogP contribution in [0.4, 0.5) is 11.6 Å². The van der Waals surface area contributed by atoms with Crippen molar-refractivity contribution in [2.24, 2.45) is 0 Å². The number of carbonyl (C=O) groups excluding carboxylic acids is 2. The fourth-order valence-corrected chi connectivity index (χ4v) is 3.79. The Hall–Kier alpha value is -3.30. The van der Waals surface area contributed by atoms with Gasteiger partial charge in [0.25, 0.3) is 5.91 Å². The number of rotatable bonds is 6. The second-order valence-electron chi connectivity index (χ2n) is 6.54. The minimum absolute atomic E-state index is 0.0253. The van der Waals surface area contributed by atoms with Crippen LogP contribution in [0.25, 0.3) is 21.3 Å². The van der Waals surface area contributed by atoms with Gasteiger partial charge in [0.1, 0.15) is 0 Å². The van der Waals surface area contributed by atoms with Crippen molar-refractivity contribution in [3.63, 3.8) is 0 Å². The molecule has 0 unspecified atom stereocenters. The van der Waals surface area contributed by atoms with E-state index in [0.717, 1.165) is 15.7 Å². The molecular formula is C20H19N5O3S. The molecule has 2 amide bonds. The highest BCUT2D eigenvalue weighted by Gasteiger charge is 2.16. The van der Waals surface area contributed by atoms with Gasteiger partial charge in [-0.1, -0.05) is 0 Å². The number of nitrogens with one attached hydrogen (secondary N) is 2. The molecule has 0 radical (unpaired) electrons. The standard InChI is InChI=1S/C20H19N5O3S/c1-12(27)22-14-4-5-17-15(10-14)23-20(25(17)7-2-8-26)24-19(28)13-3-6-18-16(9-13)21-11-29-18/h3-6,9-11,26H,2,7-8H2,1H3,(H,22,27)(H,23,24,28). The van der Waals surface area contributed by atoms with E-state index in [1.807, 2.05) is 16.7 Å². The first-order chi connectivity index (χ1) is 14.0. The molecule has 0 bridgehead atoms. The molecule has 8 nitrogen and oxygen atoms in total. The number of carbonyl (C=O) groups is 2. The van der Waals surface area contributed by atoms with E-state index in [-0.39, 0.29) is 18.4 Å². The van der Waals surface area contributed by atoms with E-state index in [4.69, 9.17) is 0 Å². The van der Waals surface area contributed by atoms with Gasteiger partial charge in [0.15, 0.2) is 0 Å². The maximum Gasteiger partial charge on any atom is 0.258 e. The summed E-state index contributed by atoms with van der Waals surface area (Å²) in [5.74, 6) is -0.0747. The zero-order valence-corrected chi connectivity index (χ0v) is 16.5. The minimum Gasteiger partial charge on any atom is -0.396 e. The van der Waals surface area contributed by atoms with Crippen molar-refractivity contribution in [2.75, 3.05) is 17.2 Å². The third-order valence-electron chi connectivity index (χ3n) is 4.43. The summed E-state index contributed by atoms with van der Waals surface area (Å²) in [7, 11) is 0. The van der Waals surface area contributed by atoms with Crippen LogP contribution in [-0.2, 0) is 11.3 Å². The highest BCUT2D eigenvalue weighted by molar-refractivity contribution is 7.16. The Morgan fingerprint density at radius 1 is 1.14 bits per heavy atom. The molecule has 2 aromatic heterocycles. The van der Waals surface area contributed by atoms with Crippen LogP contribution in [0.3, 0.4) is 0 Å². The van der Waals surface area contributed by atoms with Crippen LogP contribution in [0.15, 0.2) is 41.9 Å². The number of amides is 2. The smallest absolute Gasteiger partial charge is 0.258 e. The quantitative estimate of drug-likeness (QED) is 0.453. The molecule has 0 aliphatic carbocycles. The third-order valence-corrected chi connectivity index (χ3v) is 5.24. The Morgan fingerprint density at radius 2 is 2.00 bits per heavy atom. The predicted molar refractivity (Wildman–Crippen MR) is 113 cm³/mol. The number of hydrogen-bond donors (Lipinski definition) is 3. The Bertz CT molecular complexity index is 1210. The molecule has 9 heteroatoms. The van der Waals surface area contributed by atoms with Crippen molar-refractivity contribution in [1.29, 1.82) is 0 Å². The summed E-state index contributed by atoms with van der Waals surface area (Å²) >= 11 is 1.52. The summed E-state index contributed by atoms with van der Waals surface area (Å²) in [6.45, 7) is 1.96. The van der Waals surface area contributed by atoms with Crippen LogP contribution in [-0.4, -0.2) is 38.1 Å². The van der Waals surface area contributed by atoms with Gasteiger partial charge in [-0.25, -0.2) is 9.97 Å². The molecule has 29 heavy (non-hydrogen) atoms. The average Bonchev–Trinajstić information content (AvgIpc) is 3.29. The number of aliphatic hydroxyl groups is 1. The predicted octanol–water partition coefficient (Wildman–Crippen LogP) is 3.24. The van der Waals surface area contributed by atoms with Crippen molar-refractivity contribution in [2.45, 2.75) is 19.9 Å². The molecule has 0 aliphatic rings. The van der Waals surface area contributed by atoms with E-state index in [1.165, 1.54) is 18.3 Å². The fourth-order valence-electron chi connectivity index (χ4n) is 3.13. The van der Waals surface area contributed by atoms with Gasteiger partial charge in [-0.2, -0.15) is 0 Å². The Labute approximate surface area is 170 Å². The number of aryl methyl sites for hydroxylation is 1. The number of benzene rings is 2. The van der Waals surface area contributed by atoms with Crippen molar-refractivity contribution in [3.05, 3.63) is 47.5 Å². The van der Waals surface area contributed by atoms with Crippen LogP contribution >= 0.6 is 11.3 Å². The molecule has 4 rings (SSSR count). The maximum absolute atomic E-state index is 12.8. The van der Waals surface area contributed by atoms with E-state index >= 15 is 0 Å². The van der Waals surface area contributed by atoms with E-state index < -0.39 is 0 Å². The van der Waals surface area contributed by atoms with Gasteiger partial charge in [0.05, 0.1) is 26.8 Å². The monoisotopic (exact) mass is 409 g/mol. The van der Waals surface area contributed by atoms with Crippen LogP contribution in [0.5, 0.6) is 0 Å². The average molecular weight is 409 g/mol. The Balaban J connectivity index is 1.68. The van der Waals surface area contributed by atoms with Crippen molar-refractivity contribution in [3.8, 4) is 0 Å².